The highest BCUT2D eigenvalue weighted by Gasteiger charge is 2.25. The normalized spacial score (nSPS) is 19.0. The summed E-state index contributed by atoms with van der Waals surface area (Å²) in [5, 5.41) is 13.5. The number of fused-ring (bicyclic) bond motifs is 1. The zero-order valence-corrected chi connectivity index (χ0v) is 19.2. The minimum atomic E-state index is -0.753. The Bertz CT molecular complexity index is 1040. The number of hydrogen-bond donors (Lipinski definition) is 2. The Hall–Kier alpha value is -3.46. The minimum absolute atomic E-state index is 0.0917. The Balaban J connectivity index is 1.28. The third kappa shape index (κ3) is 5.91. The number of piperidine rings is 1. The Kier molecular flexibility index (Phi) is 7.74. The number of rotatable bonds is 6. The third-order valence-corrected chi connectivity index (χ3v) is 6.26. The first-order valence-corrected chi connectivity index (χ1v) is 11.5. The second-order valence-corrected chi connectivity index (χ2v) is 8.56. The van der Waals surface area contributed by atoms with E-state index in [1.54, 1.807) is 23.2 Å². The van der Waals surface area contributed by atoms with Crippen molar-refractivity contribution in [2.45, 2.75) is 38.0 Å². The molecule has 2 aromatic rings. The fourth-order valence-electron chi connectivity index (χ4n) is 4.26. The molecule has 1 aromatic carbocycles. The largest absolute Gasteiger partial charge is 0.474 e. The van der Waals surface area contributed by atoms with E-state index in [1.807, 2.05) is 12.1 Å². The zero-order valence-electron chi connectivity index (χ0n) is 19.2. The first kappa shape index (κ1) is 23.7. The number of aliphatic hydroxyl groups is 1. The van der Waals surface area contributed by atoms with Crippen molar-refractivity contribution in [2.24, 2.45) is 10.9 Å². The number of benzene rings is 1. The highest BCUT2D eigenvalue weighted by Crippen LogP contribution is 2.21. The summed E-state index contributed by atoms with van der Waals surface area (Å²) in [5.41, 5.74) is 2.74. The monoisotopic (exact) mass is 466 g/mol. The fourth-order valence-corrected chi connectivity index (χ4v) is 4.26. The van der Waals surface area contributed by atoms with Crippen LogP contribution in [-0.2, 0) is 17.7 Å². The average Bonchev–Trinajstić information content (AvgIpc) is 3.10. The van der Waals surface area contributed by atoms with Crippen molar-refractivity contribution in [3.8, 4) is 5.88 Å². The van der Waals surface area contributed by atoms with E-state index in [0.29, 0.717) is 50.3 Å². The van der Waals surface area contributed by atoms with Gasteiger partial charge in [-0.2, -0.15) is 0 Å². The van der Waals surface area contributed by atoms with Crippen LogP contribution in [0.4, 0.5) is 4.79 Å². The van der Waals surface area contributed by atoms with E-state index < -0.39 is 6.10 Å². The van der Waals surface area contributed by atoms with E-state index in [0.717, 1.165) is 5.56 Å². The summed E-state index contributed by atoms with van der Waals surface area (Å²) in [5.74, 6) is -0.119. The van der Waals surface area contributed by atoms with Crippen LogP contribution in [-0.4, -0.2) is 72.2 Å². The van der Waals surface area contributed by atoms with Crippen LogP contribution in [0.5, 0.6) is 5.88 Å². The number of carbonyl (C=O) groups excluding carboxylic acids is 2. The molecule has 3 heterocycles. The highest BCUT2D eigenvalue weighted by molar-refractivity contribution is 5.94. The number of methoxy groups -OCH3 is 1. The Morgan fingerprint density at radius 2 is 1.97 bits per heavy atom. The molecule has 4 rings (SSSR count). The molecule has 0 spiro atoms. The third-order valence-electron chi connectivity index (χ3n) is 6.26. The van der Waals surface area contributed by atoms with Crippen LogP contribution in [0.3, 0.4) is 0 Å². The molecule has 2 aliphatic rings. The molecular formula is C25H30N4O5. The molecule has 0 aliphatic carbocycles. The van der Waals surface area contributed by atoms with E-state index >= 15 is 0 Å². The highest BCUT2D eigenvalue weighted by atomic mass is 16.5. The second kappa shape index (κ2) is 11.1. The van der Waals surface area contributed by atoms with Crippen LogP contribution in [0.15, 0.2) is 47.6 Å². The van der Waals surface area contributed by atoms with Crippen molar-refractivity contribution >= 4 is 18.2 Å². The number of nitrogens with zero attached hydrogens (tertiary/aromatic N) is 3. The molecule has 2 N–H and O–H groups in total. The van der Waals surface area contributed by atoms with Crippen molar-refractivity contribution in [1.29, 1.82) is 0 Å². The Morgan fingerprint density at radius 3 is 2.74 bits per heavy atom. The minimum Gasteiger partial charge on any atom is -0.474 e. The molecule has 9 nitrogen and oxygen atoms in total. The van der Waals surface area contributed by atoms with Crippen LogP contribution in [0.25, 0.3) is 0 Å². The van der Waals surface area contributed by atoms with Gasteiger partial charge in [0.25, 0.3) is 5.91 Å². The maximum absolute atomic E-state index is 12.7. The van der Waals surface area contributed by atoms with Crippen LogP contribution in [0.1, 0.15) is 34.3 Å². The zero-order chi connectivity index (χ0) is 23.9. The molecular weight excluding hydrogens is 436 g/mol. The molecule has 1 saturated heterocycles. The molecule has 2 unspecified atom stereocenters. The molecule has 2 atom stereocenters. The number of ether oxygens (including phenoxy) is 2. The first-order valence-electron chi connectivity index (χ1n) is 11.5. The van der Waals surface area contributed by atoms with E-state index in [4.69, 9.17) is 9.47 Å². The quantitative estimate of drug-likeness (QED) is 0.675. The molecule has 180 valence electrons. The number of carbonyl (C=O) groups is 2. The van der Waals surface area contributed by atoms with Gasteiger partial charge in [0, 0.05) is 62.4 Å². The standard InChI is InChI=1S/C25H30N4O5/c1-33-25(32)29-10-7-21(8-11-29)34-23-13-18(6-9-27-23)24(31)28-16-22(30)20-12-17-4-2-3-5-19(17)14-26-15-20/h2-6,9,13,15,20-22,30H,7-8,10-12,14,16H2,1H3,(H,28,31). The lowest BCUT2D eigenvalue weighted by Crippen LogP contribution is -2.41. The number of nitrogens with one attached hydrogen (secondary N) is 1. The molecule has 1 fully saturated rings. The SMILES string of the molecule is COC(=O)N1CCC(Oc2cc(C(=O)NCC(O)C3C=NCc4ccccc4C3)ccn2)CC1. The van der Waals surface area contributed by atoms with Gasteiger partial charge in [0.1, 0.15) is 6.10 Å². The van der Waals surface area contributed by atoms with Crippen molar-refractivity contribution < 1.29 is 24.2 Å². The number of amides is 2. The van der Waals surface area contributed by atoms with Crippen LogP contribution < -0.4 is 10.1 Å². The number of pyridine rings is 1. The molecule has 34 heavy (non-hydrogen) atoms. The van der Waals surface area contributed by atoms with Gasteiger partial charge in [-0.1, -0.05) is 24.3 Å². The summed E-state index contributed by atoms with van der Waals surface area (Å²) in [6, 6.07) is 11.3. The van der Waals surface area contributed by atoms with E-state index in [-0.39, 0.29) is 30.6 Å². The van der Waals surface area contributed by atoms with Crippen molar-refractivity contribution in [2.75, 3.05) is 26.7 Å². The molecule has 0 radical (unpaired) electrons. The summed E-state index contributed by atoms with van der Waals surface area (Å²) in [7, 11) is 1.37. The number of aromatic nitrogens is 1. The van der Waals surface area contributed by atoms with Crippen LogP contribution in [0, 0.1) is 5.92 Å². The number of hydrogen-bond acceptors (Lipinski definition) is 7. The molecule has 1 aromatic heterocycles. The topological polar surface area (TPSA) is 113 Å². The van der Waals surface area contributed by atoms with Gasteiger partial charge in [0.15, 0.2) is 0 Å². The van der Waals surface area contributed by atoms with Gasteiger partial charge in [-0.25, -0.2) is 9.78 Å². The van der Waals surface area contributed by atoms with Gasteiger partial charge in [-0.15, -0.1) is 0 Å². The van der Waals surface area contributed by atoms with Gasteiger partial charge in [-0.05, 0) is 23.6 Å². The van der Waals surface area contributed by atoms with Crippen molar-refractivity contribution in [3.05, 3.63) is 59.3 Å². The van der Waals surface area contributed by atoms with Gasteiger partial charge in [0.2, 0.25) is 5.88 Å². The van der Waals surface area contributed by atoms with Gasteiger partial charge in [0.05, 0.1) is 19.8 Å². The first-order chi connectivity index (χ1) is 16.5. The summed E-state index contributed by atoms with van der Waals surface area (Å²) in [4.78, 5) is 34.6. The Labute approximate surface area is 198 Å². The van der Waals surface area contributed by atoms with Crippen molar-refractivity contribution in [1.82, 2.24) is 15.2 Å². The fraction of sp³-hybridized carbons (Fsp3) is 0.440. The van der Waals surface area contributed by atoms with Crippen LogP contribution >= 0.6 is 0 Å². The summed E-state index contributed by atoms with van der Waals surface area (Å²) < 4.78 is 10.7. The molecule has 2 amide bonds. The Morgan fingerprint density at radius 1 is 1.21 bits per heavy atom. The lowest BCUT2D eigenvalue weighted by atomic mass is 9.93. The predicted molar refractivity (Wildman–Crippen MR) is 126 cm³/mol. The lowest BCUT2D eigenvalue weighted by Gasteiger charge is -2.30. The van der Waals surface area contributed by atoms with Gasteiger partial charge >= 0.3 is 6.09 Å². The van der Waals surface area contributed by atoms with E-state index in [9.17, 15) is 14.7 Å². The van der Waals surface area contributed by atoms with E-state index in [1.165, 1.54) is 18.9 Å². The lowest BCUT2D eigenvalue weighted by molar-refractivity contribution is 0.0768. The maximum Gasteiger partial charge on any atom is 0.409 e. The van der Waals surface area contributed by atoms with E-state index in [2.05, 4.69) is 27.4 Å². The number of aliphatic imine (C=N–C) groups is 1. The second-order valence-electron chi connectivity index (χ2n) is 8.56. The predicted octanol–water partition coefficient (Wildman–Crippen LogP) is 2.23. The number of aliphatic hydroxyl groups excluding tert-OH is 1. The molecule has 0 bridgehead atoms. The number of likely N-dealkylation sites (tertiary alicyclic amines) is 1. The van der Waals surface area contributed by atoms with Gasteiger partial charge < -0.3 is 24.8 Å². The van der Waals surface area contributed by atoms with Crippen LogP contribution in [0.2, 0.25) is 0 Å². The molecule has 0 saturated carbocycles. The maximum atomic E-state index is 12.7. The summed E-state index contributed by atoms with van der Waals surface area (Å²) in [6.07, 6.45) is 4.13. The smallest absolute Gasteiger partial charge is 0.409 e. The van der Waals surface area contributed by atoms with Crippen molar-refractivity contribution in [3.63, 3.8) is 0 Å². The van der Waals surface area contributed by atoms with Gasteiger partial charge in [-0.3, -0.25) is 9.79 Å². The summed E-state index contributed by atoms with van der Waals surface area (Å²) in [6.45, 7) is 1.81. The average molecular weight is 467 g/mol. The molecule has 2 aliphatic heterocycles. The summed E-state index contributed by atoms with van der Waals surface area (Å²) >= 11 is 0. The molecule has 9 heteroatoms.